The number of thiophene rings is 1. The van der Waals surface area contributed by atoms with E-state index in [4.69, 9.17) is 9.47 Å². The molecule has 0 amide bonds. The van der Waals surface area contributed by atoms with E-state index in [9.17, 15) is 4.79 Å². The lowest BCUT2D eigenvalue weighted by Crippen LogP contribution is -2.12. The predicted octanol–water partition coefficient (Wildman–Crippen LogP) is 1.36. The van der Waals surface area contributed by atoms with E-state index in [1.54, 1.807) is 23.1 Å². The van der Waals surface area contributed by atoms with Crippen molar-refractivity contribution in [2.75, 3.05) is 20.8 Å². The zero-order chi connectivity index (χ0) is 13.7. The first-order chi connectivity index (χ1) is 9.26. The number of methoxy groups -OCH3 is 2. The van der Waals surface area contributed by atoms with Crippen molar-refractivity contribution in [1.82, 2.24) is 15.0 Å². The number of carbonyl (C=O) groups excluding carboxylic acids is 1. The van der Waals surface area contributed by atoms with Crippen molar-refractivity contribution in [3.63, 3.8) is 0 Å². The smallest absolute Gasteiger partial charge is 0.360 e. The van der Waals surface area contributed by atoms with Gasteiger partial charge in [0.15, 0.2) is 5.69 Å². The fraction of sp³-hybridized carbons (Fsp3) is 0.417. The van der Waals surface area contributed by atoms with Gasteiger partial charge in [-0.15, -0.1) is 5.10 Å². The zero-order valence-electron chi connectivity index (χ0n) is 10.8. The standard InChI is InChI=1S/C12H15N3O3S/c1-17-5-3-10-11(12(16)18-2)13-14-15(10)7-9-4-6-19-8-9/h4,6,8H,3,5,7H2,1-2H3. The van der Waals surface area contributed by atoms with Crippen molar-refractivity contribution >= 4 is 17.3 Å². The molecule has 0 radical (unpaired) electrons. The van der Waals surface area contributed by atoms with Gasteiger partial charge in [-0.05, 0) is 22.4 Å². The number of nitrogens with zero attached hydrogens (tertiary/aromatic N) is 3. The molecule has 2 aromatic heterocycles. The summed E-state index contributed by atoms with van der Waals surface area (Å²) >= 11 is 1.62. The Morgan fingerprint density at radius 1 is 1.47 bits per heavy atom. The molecular formula is C12H15N3O3S. The minimum Gasteiger partial charge on any atom is -0.464 e. The maximum absolute atomic E-state index is 11.6. The minimum atomic E-state index is -0.470. The average molecular weight is 281 g/mol. The number of aromatic nitrogens is 3. The molecule has 102 valence electrons. The van der Waals surface area contributed by atoms with Gasteiger partial charge >= 0.3 is 5.97 Å². The molecule has 7 heteroatoms. The summed E-state index contributed by atoms with van der Waals surface area (Å²) in [4.78, 5) is 11.6. The molecule has 0 unspecified atom stereocenters. The normalized spacial score (nSPS) is 10.6. The lowest BCUT2D eigenvalue weighted by atomic mass is 10.2. The number of carbonyl (C=O) groups is 1. The second-order valence-corrected chi connectivity index (χ2v) is 4.69. The van der Waals surface area contributed by atoms with E-state index in [0.717, 1.165) is 11.3 Å². The third kappa shape index (κ3) is 3.18. The van der Waals surface area contributed by atoms with Crippen LogP contribution in [0.2, 0.25) is 0 Å². The summed E-state index contributed by atoms with van der Waals surface area (Å²) in [6.07, 6.45) is 0.568. The first-order valence-corrected chi connectivity index (χ1v) is 6.71. The zero-order valence-corrected chi connectivity index (χ0v) is 11.6. The molecule has 2 rings (SSSR count). The Hall–Kier alpha value is -1.73. The van der Waals surface area contributed by atoms with Crippen LogP contribution in [0.5, 0.6) is 0 Å². The van der Waals surface area contributed by atoms with Crippen LogP contribution in [0.15, 0.2) is 16.8 Å². The molecule has 0 saturated heterocycles. The maximum atomic E-state index is 11.6. The van der Waals surface area contributed by atoms with E-state index in [0.29, 0.717) is 19.6 Å². The highest BCUT2D eigenvalue weighted by atomic mass is 32.1. The number of ether oxygens (including phenoxy) is 2. The minimum absolute atomic E-state index is 0.259. The van der Waals surface area contributed by atoms with Crippen molar-refractivity contribution in [2.24, 2.45) is 0 Å². The van der Waals surface area contributed by atoms with Crippen LogP contribution in [-0.2, 0) is 22.4 Å². The van der Waals surface area contributed by atoms with E-state index in [1.165, 1.54) is 7.11 Å². The highest BCUT2D eigenvalue weighted by Crippen LogP contribution is 2.13. The van der Waals surface area contributed by atoms with Gasteiger partial charge in [0.05, 0.1) is 26.0 Å². The molecule has 0 aliphatic rings. The van der Waals surface area contributed by atoms with E-state index in [2.05, 4.69) is 10.3 Å². The summed E-state index contributed by atoms with van der Waals surface area (Å²) in [5, 5.41) is 12.0. The third-order valence-corrected chi connectivity index (χ3v) is 3.40. The number of hydrogen-bond donors (Lipinski definition) is 0. The summed E-state index contributed by atoms with van der Waals surface area (Å²) in [6, 6.07) is 2.02. The van der Waals surface area contributed by atoms with Gasteiger partial charge in [0.1, 0.15) is 0 Å². The van der Waals surface area contributed by atoms with Crippen LogP contribution in [-0.4, -0.2) is 41.8 Å². The average Bonchev–Trinajstić information content (AvgIpc) is 3.06. The van der Waals surface area contributed by atoms with E-state index in [1.807, 2.05) is 16.8 Å². The van der Waals surface area contributed by atoms with Crippen LogP contribution < -0.4 is 0 Å². The van der Waals surface area contributed by atoms with E-state index >= 15 is 0 Å². The quantitative estimate of drug-likeness (QED) is 0.748. The van der Waals surface area contributed by atoms with Gasteiger partial charge < -0.3 is 9.47 Å². The van der Waals surface area contributed by atoms with Crippen molar-refractivity contribution in [2.45, 2.75) is 13.0 Å². The molecule has 0 bridgehead atoms. The van der Waals surface area contributed by atoms with Crippen molar-refractivity contribution < 1.29 is 14.3 Å². The Kier molecular flexibility index (Phi) is 4.64. The first-order valence-electron chi connectivity index (χ1n) is 5.77. The largest absolute Gasteiger partial charge is 0.464 e. The molecule has 0 N–H and O–H groups in total. The molecule has 2 heterocycles. The maximum Gasteiger partial charge on any atom is 0.360 e. The fourth-order valence-electron chi connectivity index (χ4n) is 1.72. The molecule has 0 saturated carbocycles. The van der Waals surface area contributed by atoms with Gasteiger partial charge in [-0.25, -0.2) is 9.48 Å². The van der Waals surface area contributed by atoms with Crippen molar-refractivity contribution in [1.29, 1.82) is 0 Å². The Morgan fingerprint density at radius 3 is 2.95 bits per heavy atom. The van der Waals surface area contributed by atoms with Crippen LogP contribution >= 0.6 is 11.3 Å². The number of hydrogen-bond acceptors (Lipinski definition) is 6. The summed E-state index contributed by atoms with van der Waals surface area (Å²) in [6.45, 7) is 1.09. The van der Waals surface area contributed by atoms with Gasteiger partial charge in [0.25, 0.3) is 0 Å². The molecule has 0 spiro atoms. The molecule has 0 fully saturated rings. The summed E-state index contributed by atoms with van der Waals surface area (Å²) in [7, 11) is 2.95. The highest BCUT2D eigenvalue weighted by Gasteiger charge is 2.20. The Labute approximate surface area is 115 Å². The first kappa shape index (κ1) is 13.7. The van der Waals surface area contributed by atoms with E-state index in [-0.39, 0.29) is 5.69 Å². The summed E-state index contributed by atoms with van der Waals surface area (Å²) < 4.78 is 11.5. The van der Waals surface area contributed by atoms with Gasteiger partial charge in [0.2, 0.25) is 0 Å². The monoisotopic (exact) mass is 281 g/mol. The van der Waals surface area contributed by atoms with Crippen molar-refractivity contribution in [3.8, 4) is 0 Å². The van der Waals surface area contributed by atoms with E-state index < -0.39 is 5.97 Å². The summed E-state index contributed by atoms with van der Waals surface area (Å²) in [5.74, 6) is -0.470. The number of esters is 1. The molecule has 2 aromatic rings. The van der Waals surface area contributed by atoms with Crippen LogP contribution in [0, 0.1) is 0 Å². The fourth-order valence-corrected chi connectivity index (χ4v) is 2.38. The van der Waals surface area contributed by atoms with Crippen LogP contribution in [0.25, 0.3) is 0 Å². The van der Waals surface area contributed by atoms with Crippen LogP contribution in [0.1, 0.15) is 21.7 Å². The molecule has 0 atom stereocenters. The topological polar surface area (TPSA) is 66.2 Å². The predicted molar refractivity (Wildman–Crippen MR) is 70.4 cm³/mol. The Balaban J connectivity index is 2.26. The lowest BCUT2D eigenvalue weighted by Gasteiger charge is -2.06. The molecule has 0 aliphatic carbocycles. The molecule has 0 aliphatic heterocycles. The van der Waals surface area contributed by atoms with Gasteiger partial charge in [-0.1, -0.05) is 5.21 Å². The van der Waals surface area contributed by atoms with Crippen LogP contribution in [0.4, 0.5) is 0 Å². The van der Waals surface area contributed by atoms with Crippen molar-refractivity contribution in [3.05, 3.63) is 33.8 Å². The molecular weight excluding hydrogens is 266 g/mol. The highest BCUT2D eigenvalue weighted by molar-refractivity contribution is 7.07. The van der Waals surface area contributed by atoms with Gasteiger partial charge in [0, 0.05) is 13.5 Å². The second-order valence-electron chi connectivity index (χ2n) is 3.91. The Morgan fingerprint density at radius 2 is 2.32 bits per heavy atom. The molecule has 0 aromatic carbocycles. The third-order valence-electron chi connectivity index (χ3n) is 2.67. The Bertz CT molecular complexity index is 536. The lowest BCUT2D eigenvalue weighted by molar-refractivity contribution is 0.0592. The molecule has 6 nitrogen and oxygen atoms in total. The van der Waals surface area contributed by atoms with Gasteiger partial charge in [-0.2, -0.15) is 11.3 Å². The second kappa shape index (κ2) is 6.44. The number of rotatable bonds is 6. The van der Waals surface area contributed by atoms with Crippen LogP contribution in [0.3, 0.4) is 0 Å². The molecule has 19 heavy (non-hydrogen) atoms. The van der Waals surface area contributed by atoms with Gasteiger partial charge in [-0.3, -0.25) is 0 Å². The SMILES string of the molecule is COCCc1c(C(=O)OC)nnn1Cc1ccsc1. The summed E-state index contributed by atoms with van der Waals surface area (Å²) in [5.41, 5.74) is 2.12.